The summed E-state index contributed by atoms with van der Waals surface area (Å²) in [7, 11) is 0. The molecule has 2 atom stereocenters. The minimum Gasteiger partial charge on any atom is -0.461 e. The number of ether oxygens (including phenoxy) is 1. The van der Waals surface area contributed by atoms with Crippen molar-refractivity contribution in [2.24, 2.45) is 5.92 Å². The standard InChI is InChI=1S/C12H23NO2/c1-3-8-13-9-12(14)15-11-7-5-4-6-10(11)2/h10-11,13H,3-9H2,1-2H3. The summed E-state index contributed by atoms with van der Waals surface area (Å²) in [5, 5.41) is 3.06. The van der Waals surface area contributed by atoms with Gasteiger partial charge in [0.05, 0.1) is 6.54 Å². The lowest BCUT2D eigenvalue weighted by molar-refractivity contribution is -0.152. The molecule has 1 saturated carbocycles. The van der Waals surface area contributed by atoms with Crippen LogP contribution in [-0.2, 0) is 9.53 Å². The number of hydrogen-bond donors (Lipinski definition) is 1. The molecule has 0 aliphatic heterocycles. The van der Waals surface area contributed by atoms with E-state index in [1.54, 1.807) is 0 Å². The summed E-state index contributed by atoms with van der Waals surface area (Å²) in [5.74, 6) is 0.441. The van der Waals surface area contributed by atoms with Gasteiger partial charge in [0.25, 0.3) is 0 Å². The lowest BCUT2D eigenvalue weighted by Crippen LogP contribution is -2.33. The molecule has 0 heterocycles. The van der Waals surface area contributed by atoms with Crippen molar-refractivity contribution in [3.05, 3.63) is 0 Å². The lowest BCUT2D eigenvalue weighted by atomic mass is 9.88. The molecule has 0 bridgehead atoms. The fourth-order valence-electron chi connectivity index (χ4n) is 2.04. The maximum Gasteiger partial charge on any atom is 0.320 e. The second kappa shape index (κ2) is 6.83. The Hall–Kier alpha value is -0.570. The van der Waals surface area contributed by atoms with E-state index < -0.39 is 0 Å². The summed E-state index contributed by atoms with van der Waals surface area (Å²) in [6.07, 6.45) is 5.93. The lowest BCUT2D eigenvalue weighted by Gasteiger charge is -2.28. The molecule has 3 heteroatoms. The van der Waals surface area contributed by atoms with Gasteiger partial charge in [0.2, 0.25) is 0 Å². The Morgan fingerprint density at radius 3 is 2.80 bits per heavy atom. The first kappa shape index (κ1) is 12.5. The molecule has 0 spiro atoms. The molecule has 1 fully saturated rings. The van der Waals surface area contributed by atoms with Crippen molar-refractivity contribution in [3.8, 4) is 0 Å². The van der Waals surface area contributed by atoms with Gasteiger partial charge < -0.3 is 10.1 Å². The number of rotatable bonds is 5. The molecule has 0 aromatic carbocycles. The van der Waals surface area contributed by atoms with Crippen molar-refractivity contribution < 1.29 is 9.53 Å². The molecule has 0 aromatic heterocycles. The van der Waals surface area contributed by atoms with Gasteiger partial charge in [0, 0.05) is 0 Å². The average molecular weight is 213 g/mol. The van der Waals surface area contributed by atoms with E-state index in [9.17, 15) is 4.79 Å². The highest BCUT2D eigenvalue weighted by atomic mass is 16.5. The first-order valence-electron chi connectivity index (χ1n) is 6.14. The summed E-state index contributed by atoms with van der Waals surface area (Å²) in [6, 6.07) is 0. The number of carbonyl (C=O) groups is 1. The van der Waals surface area contributed by atoms with Crippen LogP contribution >= 0.6 is 0 Å². The van der Waals surface area contributed by atoms with Crippen LogP contribution in [0.1, 0.15) is 46.0 Å². The van der Waals surface area contributed by atoms with Gasteiger partial charge in [0.15, 0.2) is 0 Å². The van der Waals surface area contributed by atoms with Gasteiger partial charge in [-0.2, -0.15) is 0 Å². The highest BCUT2D eigenvalue weighted by Gasteiger charge is 2.24. The average Bonchev–Trinajstić information content (AvgIpc) is 2.22. The molecule has 15 heavy (non-hydrogen) atoms. The summed E-state index contributed by atoms with van der Waals surface area (Å²) in [5.41, 5.74) is 0. The van der Waals surface area contributed by atoms with Crippen LogP contribution < -0.4 is 5.32 Å². The van der Waals surface area contributed by atoms with E-state index in [1.165, 1.54) is 19.3 Å². The van der Waals surface area contributed by atoms with Crippen LogP contribution in [0, 0.1) is 5.92 Å². The maximum absolute atomic E-state index is 11.4. The molecule has 2 unspecified atom stereocenters. The second-order valence-corrected chi connectivity index (χ2v) is 4.47. The molecule has 0 radical (unpaired) electrons. The highest BCUT2D eigenvalue weighted by molar-refractivity contribution is 5.71. The van der Waals surface area contributed by atoms with Crippen LogP contribution in [0.5, 0.6) is 0 Å². The molecule has 1 aliphatic carbocycles. The van der Waals surface area contributed by atoms with E-state index in [-0.39, 0.29) is 12.1 Å². The Kier molecular flexibility index (Phi) is 5.69. The smallest absolute Gasteiger partial charge is 0.320 e. The number of nitrogens with one attached hydrogen (secondary N) is 1. The summed E-state index contributed by atoms with van der Waals surface area (Å²) in [4.78, 5) is 11.4. The predicted octanol–water partition coefficient (Wildman–Crippen LogP) is 2.11. The highest BCUT2D eigenvalue weighted by Crippen LogP contribution is 2.26. The zero-order chi connectivity index (χ0) is 11.1. The fraction of sp³-hybridized carbons (Fsp3) is 0.917. The van der Waals surface area contributed by atoms with E-state index in [2.05, 4.69) is 19.2 Å². The van der Waals surface area contributed by atoms with Gasteiger partial charge in [-0.15, -0.1) is 0 Å². The van der Waals surface area contributed by atoms with Crippen molar-refractivity contribution in [2.45, 2.75) is 52.1 Å². The monoisotopic (exact) mass is 213 g/mol. The molecule has 1 N–H and O–H groups in total. The van der Waals surface area contributed by atoms with Gasteiger partial charge in [-0.3, -0.25) is 4.79 Å². The topological polar surface area (TPSA) is 38.3 Å². The fourth-order valence-corrected chi connectivity index (χ4v) is 2.04. The molecular weight excluding hydrogens is 190 g/mol. The zero-order valence-electron chi connectivity index (χ0n) is 9.92. The van der Waals surface area contributed by atoms with Gasteiger partial charge in [0.1, 0.15) is 6.10 Å². The van der Waals surface area contributed by atoms with Crippen molar-refractivity contribution in [3.63, 3.8) is 0 Å². The van der Waals surface area contributed by atoms with Crippen molar-refractivity contribution in [2.75, 3.05) is 13.1 Å². The Morgan fingerprint density at radius 2 is 2.13 bits per heavy atom. The summed E-state index contributed by atoms with van der Waals surface area (Å²) >= 11 is 0. The number of esters is 1. The van der Waals surface area contributed by atoms with Gasteiger partial charge in [-0.25, -0.2) is 0 Å². The third-order valence-corrected chi connectivity index (χ3v) is 3.01. The third-order valence-electron chi connectivity index (χ3n) is 3.01. The van der Waals surface area contributed by atoms with Gasteiger partial charge in [-0.1, -0.05) is 20.3 Å². The molecule has 3 nitrogen and oxygen atoms in total. The summed E-state index contributed by atoms with van der Waals surface area (Å²) < 4.78 is 5.45. The van der Waals surface area contributed by atoms with E-state index in [0.29, 0.717) is 12.5 Å². The van der Waals surface area contributed by atoms with Gasteiger partial charge in [-0.05, 0) is 38.1 Å². The van der Waals surface area contributed by atoms with Crippen LogP contribution in [0.3, 0.4) is 0 Å². The molecule has 1 aliphatic rings. The largest absolute Gasteiger partial charge is 0.461 e. The van der Waals surface area contributed by atoms with Gasteiger partial charge >= 0.3 is 5.97 Å². The minimum atomic E-state index is -0.0952. The molecule has 0 saturated heterocycles. The third kappa shape index (κ3) is 4.65. The van der Waals surface area contributed by atoms with E-state index in [0.717, 1.165) is 19.4 Å². The molecular formula is C12H23NO2. The van der Waals surface area contributed by atoms with E-state index in [4.69, 9.17) is 4.74 Å². The Balaban J connectivity index is 2.18. The molecule has 88 valence electrons. The number of carbonyl (C=O) groups excluding carboxylic acids is 1. The first-order valence-corrected chi connectivity index (χ1v) is 6.14. The zero-order valence-corrected chi connectivity index (χ0v) is 9.92. The number of hydrogen-bond acceptors (Lipinski definition) is 3. The Morgan fingerprint density at radius 1 is 1.40 bits per heavy atom. The summed E-state index contributed by atoms with van der Waals surface area (Å²) in [6.45, 7) is 5.50. The molecule has 0 amide bonds. The van der Waals surface area contributed by atoms with Crippen LogP contribution in [0.4, 0.5) is 0 Å². The van der Waals surface area contributed by atoms with Crippen LogP contribution in [0.15, 0.2) is 0 Å². The normalized spacial score (nSPS) is 26.3. The Labute approximate surface area is 92.6 Å². The van der Waals surface area contributed by atoms with Crippen molar-refractivity contribution in [1.29, 1.82) is 0 Å². The van der Waals surface area contributed by atoms with Crippen LogP contribution in [-0.4, -0.2) is 25.2 Å². The predicted molar refractivity (Wildman–Crippen MR) is 60.7 cm³/mol. The minimum absolute atomic E-state index is 0.0952. The van der Waals surface area contributed by atoms with Crippen molar-refractivity contribution in [1.82, 2.24) is 5.32 Å². The second-order valence-electron chi connectivity index (χ2n) is 4.47. The van der Waals surface area contributed by atoms with Crippen LogP contribution in [0.25, 0.3) is 0 Å². The molecule has 1 rings (SSSR count). The van der Waals surface area contributed by atoms with E-state index in [1.807, 2.05) is 0 Å². The Bertz CT molecular complexity index is 194. The quantitative estimate of drug-likeness (QED) is 0.561. The first-order chi connectivity index (χ1) is 7.24. The SMILES string of the molecule is CCCNCC(=O)OC1CCCCC1C. The maximum atomic E-state index is 11.4. The van der Waals surface area contributed by atoms with E-state index >= 15 is 0 Å². The van der Waals surface area contributed by atoms with Crippen LogP contribution in [0.2, 0.25) is 0 Å². The molecule has 0 aromatic rings. The van der Waals surface area contributed by atoms with Crippen molar-refractivity contribution >= 4 is 5.97 Å².